The highest BCUT2D eigenvalue weighted by molar-refractivity contribution is 8.00. The first-order chi connectivity index (χ1) is 9.50. The molecule has 0 amide bonds. The summed E-state index contributed by atoms with van der Waals surface area (Å²) in [6, 6.07) is 16.6. The molecule has 0 saturated heterocycles. The van der Waals surface area contributed by atoms with Crippen LogP contribution in [0.25, 0.3) is 0 Å². The van der Waals surface area contributed by atoms with Crippen LogP contribution in [0.3, 0.4) is 0 Å². The summed E-state index contributed by atoms with van der Waals surface area (Å²) in [5.74, 6) is -0.834. The zero-order valence-corrected chi connectivity index (χ0v) is 11.7. The van der Waals surface area contributed by atoms with E-state index in [1.807, 2.05) is 0 Å². The largest absolute Gasteiger partial charge is 0.291 e. The number of benzene rings is 2. The van der Waals surface area contributed by atoms with Gasteiger partial charge >= 0.3 is 0 Å². The molecule has 0 fully saturated rings. The molecule has 0 saturated carbocycles. The van der Waals surface area contributed by atoms with E-state index in [1.165, 1.54) is 12.1 Å². The Bertz CT molecular complexity index is 570. The molecule has 0 aliphatic heterocycles. The van der Waals surface area contributed by atoms with Crippen molar-refractivity contribution in [3.63, 3.8) is 0 Å². The summed E-state index contributed by atoms with van der Waals surface area (Å²) < 4.78 is 28.7. The highest BCUT2D eigenvalue weighted by atomic mass is 32.2. The van der Waals surface area contributed by atoms with Crippen molar-refractivity contribution in [2.45, 2.75) is 23.0 Å². The monoisotopic (exact) mass is 292 g/mol. The quantitative estimate of drug-likeness (QED) is 0.587. The van der Waals surface area contributed by atoms with E-state index in [4.69, 9.17) is 0 Å². The fraction of sp³-hybridized carbons (Fsp3) is 0.188. The maximum Gasteiger partial charge on any atom is 0.206 e. The number of alkyl halides is 2. The predicted molar refractivity (Wildman–Crippen MR) is 77.5 cm³/mol. The molecule has 1 nitrogen and oxygen atoms in total. The normalized spacial score (nSPS) is 15.3. The highest BCUT2D eigenvalue weighted by Gasteiger charge is 2.41. The van der Waals surface area contributed by atoms with Crippen molar-refractivity contribution < 1.29 is 13.6 Å². The number of halogens is 2. The van der Waals surface area contributed by atoms with Crippen LogP contribution in [0.4, 0.5) is 8.78 Å². The van der Waals surface area contributed by atoms with Crippen LogP contribution in [0, 0.1) is 0 Å². The summed E-state index contributed by atoms with van der Waals surface area (Å²) in [7, 11) is 0. The zero-order chi connectivity index (χ0) is 14.6. The van der Waals surface area contributed by atoms with E-state index in [0.717, 1.165) is 6.92 Å². The smallest absolute Gasteiger partial charge is 0.206 e. The molecule has 0 aliphatic rings. The number of carbonyl (C=O) groups excluding carboxylic acids is 1. The lowest BCUT2D eigenvalue weighted by Crippen LogP contribution is -2.34. The number of Topliss-reactive ketones (excluding diaryl/α,β-unsaturated/α-hetero) is 1. The third-order valence-electron chi connectivity index (χ3n) is 2.80. The van der Waals surface area contributed by atoms with Crippen molar-refractivity contribution in [1.82, 2.24) is 0 Å². The number of ketones is 1. The first-order valence-electron chi connectivity index (χ1n) is 6.17. The summed E-state index contributed by atoms with van der Waals surface area (Å²) in [6.45, 7) is 1.09. The summed E-state index contributed by atoms with van der Waals surface area (Å²) in [6.07, 6.45) is -2.21. The van der Waals surface area contributed by atoms with Crippen molar-refractivity contribution in [3.8, 4) is 0 Å². The molecule has 0 radical (unpaired) electrons. The lowest BCUT2D eigenvalue weighted by atomic mass is 10.0. The molecule has 2 aromatic rings. The zero-order valence-electron chi connectivity index (χ0n) is 10.9. The van der Waals surface area contributed by atoms with Gasteiger partial charge in [-0.15, -0.1) is 0 Å². The molecule has 0 N–H and O–H groups in total. The van der Waals surface area contributed by atoms with Gasteiger partial charge in [0.15, 0.2) is 5.00 Å². The van der Waals surface area contributed by atoms with Gasteiger partial charge in [-0.05, 0) is 19.1 Å². The Morgan fingerprint density at radius 1 is 1.05 bits per heavy atom. The number of rotatable bonds is 5. The van der Waals surface area contributed by atoms with Gasteiger partial charge in [0.1, 0.15) is 0 Å². The van der Waals surface area contributed by atoms with Gasteiger partial charge in [-0.1, -0.05) is 60.3 Å². The summed E-state index contributed by atoms with van der Waals surface area (Å²) in [5, 5.41) is -2.31. The molecule has 2 atom stereocenters. The molecular weight excluding hydrogens is 278 g/mol. The number of thioether (sulfide) groups is 1. The minimum atomic E-state index is -2.31. The SMILES string of the molecule is CC(F)(Sc1ccccc1)C(F)C(=O)c1ccccc1. The second-order valence-electron chi connectivity index (χ2n) is 4.49. The van der Waals surface area contributed by atoms with Crippen LogP contribution >= 0.6 is 11.8 Å². The van der Waals surface area contributed by atoms with E-state index in [2.05, 4.69) is 0 Å². The van der Waals surface area contributed by atoms with Gasteiger partial charge < -0.3 is 0 Å². The lowest BCUT2D eigenvalue weighted by molar-refractivity contribution is 0.0736. The van der Waals surface area contributed by atoms with Gasteiger partial charge in [0.05, 0.1) is 0 Å². The van der Waals surface area contributed by atoms with Crippen LogP contribution in [0.1, 0.15) is 17.3 Å². The Labute approximate surface area is 121 Å². The molecule has 20 heavy (non-hydrogen) atoms. The van der Waals surface area contributed by atoms with Crippen molar-refractivity contribution in [2.24, 2.45) is 0 Å². The molecule has 0 heterocycles. The summed E-state index contributed by atoms with van der Waals surface area (Å²) in [4.78, 5) is 12.5. The fourth-order valence-electron chi connectivity index (χ4n) is 1.75. The Balaban J connectivity index is 2.15. The van der Waals surface area contributed by atoms with Crippen LogP contribution < -0.4 is 0 Å². The Kier molecular flexibility index (Phi) is 4.55. The van der Waals surface area contributed by atoms with Crippen LogP contribution in [0.5, 0.6) is 0 Å². The molecule has 2 aromatic carbocycles. The van der Waals surface area contributed by atoms with Crippen molar-refractivity contribution >= 4 is 17.5 Å². The van der Waals surface area contributed by atoms with Gasteiger partial charge in [0.2, 0.25) is 12.0 Å². The van der Waals surface area contributed by atoms with Gasteiger partial charge in [-0.25, -0.2) is 8.78 Å². The molecule has 4 heteroatoms. The van der Waals surface area contributed by atoms with Crippen LogP contribution in [0.15, 0.2) is 65.6 Å². The van der Waals surface area contributed by atoms with Gasteiger partial charge in [-0.2, -0.15) is 0 Å². The second kappa shape index (κ2) is 6.18. The van der Waals surface area contributed by atoms with Gasteiger partial charge in [0.25, 0.3) is 0 Å². The minimum Gasteiger partial charge on any atom is -0.291 e. The van der Waals surface area contributed by atoms with Gasteiger partial charge in [0, 0.05) is 10.5 Å². The van der Waals surface area contributed by atoms with E-state index in [9.17, 15) is 13.6 Å². The maximum absolute atomic E-state index is 14.5. The topological polar surface area (TPSA) is 17.1 Å². The molecule has 0 aliphatic carbocycles. The van der Waals surface area contributed by atoms with Crippen LogP contribution in [0.2, 0.25) is 0 Å². The van der Waals surface area contributed by atoms with E-state index in [-0.39, 0.29) is 5.56 Å². The lowest BCUT2D eigenvalue weighted by Gasteiger charge is -2.23. The van der Waals surface area contributed by atoms with E-state index in [1.54, 1.807) is 48.5 Å². The fourth-order valence-corrected chi connectivity index (χ4v) is 2.72. The molecular formula is C16H14F2OS. The molecule has 2 rings (SSSR count). The number of carbonyl (C=O) groups is 1. The second-order valence-corrected chi connectivity index (χ2v) is 5.97. The highest BCUT2D eigenvalue weighted by Crippen LogP contribution is 2.39. The molecule has 0 spiro atoms. The Hall–Kier alpha value is -1.68. The first kappa shape index (κ1) is 14.7. The summed E-state index contributed by atoms with van der Waals surface area (Å²) >= 11 is 0.714. The van der Waals surface area contributed by atoms with Crippen LogP contribution in [-0.2, 0) is 0 Å². The molecule has 2 unspecified atom stereocenters. The van der Waals surface area contributed by atoms with E-state index >= 15 is 0 Å². The van der Waals surface area contributed by atoms with Gasteiger partial charge in [-0.3, -0.25) is 4.79 Å². The Morgan fingerprint density at radius 2 is 1.55 bits per heavy atom. The predicted octanol–water partition coefficient (Wildman–Crippen LogP) is 4.69. The average molecular weight is 292 g/mol. The number of hydrogen-bond donors (Lipinski definition) is 0. The van der Waals surface area contributed by atoms with Crippen molar-refractivity contribution in [3.05, 3.63) is 66.2 Å². The standard InChI is InChI=1S/C16H14F2OS/c1-16(18,20-13-10-6-3-7-11-13)15(17)14(19)12-8-4-2-5-9-12/h2-11,15H,1H3. The van der Waals surface area contributed by atoms with E-state index in [0.29, 0.717) is 16.7 Å². The molecule has 0 aromatic heterocycles. The van der Waals surface area contributed by atoms with Crippen molar-refractivity contribution in [1.29, 1.82) is 0 Å². The van der Waals surface area contributed by atoms with Crippen LogP contribution in [-0.4, -0.2) is 17.0 Å². The third-order valence-corrected chi connectivity index (χ3v) is 3.92. The number of hydrogen-bond acceptors (Lipinski definition) is 2. The average Bonchev–Trinajstić information content (AvgIpc) is 2.47. The summed E-state index contributed by atoms with van der Waals surface area (Å²) in [5.41, 5.74) is 0.178. The maximum atomic E-state index is 14.5. The first-order valence-corrected chi connectivity index (χ1v) is 6.98. The molecule has 0 bridgehead atoms. The Morgan fingerprint density at radius 3 is 2.10 bits per heavy atom. The minimum absolute atomic E-state index is 0.178. The molecule has 104 valence electrons. The third kappa shape index (κ3) is 3.45. The van der Waals surface area contributed by atoms with E-state index < -0.39 is 17.0 Å². The van der Waals surface area contributed by atoms with Crippen molar-refractivity contribution in [2.75, 3.05) is 0 Å².